The molecule has 1 N–H and O–H groups in total. The second-order valence-corrected chi connectivity index (χ2v) is 5.05. The first kappa shape index (κ1) is 10.8. The van der Waals surface area contributed by atoms with E-state index in [0.29, 0.717) is 6.04 Å². The summed E-state index contributed by atoms with van der Waals surface area (Å²) in [6, 6.07) is 0.579. The van der Waals surface area contributed by atoms with E-state index in [2.05, 4.69) is 29.3 Å². The lowest BCUT2D eigenvalue weighted by atomic mass is 9.92. The summed E-state index contributed by atoms with van der Waals surface area (Å²) >= 11 is 0. The van der Waals surface area contributed by atoms with E-state index in [1.165, 1.54) is 36.2 Å². The minimum absolute atomic E-state index is 0.579. The summed E-state index contributed by atoms with van der Waals surface area (Å²) in [6.07, 6.45) is 11.5. The Balaban J connectivity index is 1.99. The van der Waals surface area contributed by atoms with Gasteiger partial charge in [-0.3, -0.25) is 10.1 Å². The van der Waals surface area contributed by atoms with Crippen LogP contribution in [0.15, 0.2) is 17.1 Å². The van der Waals surface area contributed by atoms with Crippen LogP contribution in [0.25, 0.3) is 0 Å². The van der Waals surface area contributed by atoms with E-state index >= 15 is 0 Å². The summed E-state index contributed by atoms with van der Waals surface area (Å²) in [5.74, 6) is 0. The number of aliphatic imine (C=N–C) groups is 1. The number of allylic oxidation sites excluding steroid dienone is 2. The predicted octanol–water partition coefficient (Wildman–Crippen LogP) is 2.95. The fourth-order valence-corrected chi connectivity index (χ4v) is 2.53. The van der Waals surface area contributed by atoms with Crippen LogP contribution in [-0.4, -0.2) is 22.0 Å². The van der Waals surface area contributed by atoms with Gasteiger partial charge in [-0.15, -0.1) is 0 Å². The molecule has 0 radical (unpaired) electrons. The molecule has 1 saturated carbocycles. The Morgan fingerprint density at radius 1 is 1.35 bits per heavy atom. The molecule has 0 atom stereocenters. The van der Waals surface area contributed by atoms with Crippen LogP contribution >= 0.6 is 0 Å². The molecule has 2 aliphatic carbocycles. The highest BCUT2D eigenvalue weighted by Crippen LogP contribution is 2.26. The van der Waals surface area contributed by atoms with Crippen LogP contribution < -0.4 is 0 Å². The molecule has 1 heterocycles. The van der Waals surface area contributed by atoms with Crippen LogP contribution in [0.2, 0.25) is 0 Å². The summed E-state index contributed by atoms with van der Waals surface area (Å²) in [5.41, 5.74) is 4.91. The van der Waals surface area contributed by atoms with Crippen LogP contribution in [0.5, 0.6) is 0 Å². The maximum Gasteiger partial charge on any atom is 0.0753 e. The average molecular weight is 229 g/mol. The van der Waals surface area contributed by atoms with Gasteiger partial charge >= 0.3 is 0 Å². The standard InChI is InChI=1S/C14H19N3/c1-10-14-12(15-11-6-5-7-11)8-3-2-4-9-13(14)17-16-10/h2,4,11H,3,5-9H2,1H3,(H,16,17). The molecule has 3 heteroatoms. The van der Waals surface area contributed by atoms with Gasteiger partial charge in [0.2, 0.25) is 0 Å². The second-order valence-electron chi connectivity index (χ2n) is 5.05. The fraction of sp³-hybridized carbons (Fsp3) is 0.571. The van der Waals surface area contributed by atoms with Gasteiger partial charge in [-0.2, -0.15) is 5.10 Å². The topological polar surface area (TPSA) is 41.0 Å². The number of aromatic nitrogens is 2. The van der Waals surface area contributed by atoms with E-state index in [4.69, 9.17) is 4.99 Å². The van der Waals surface area contributed by atoms with Crippen molar-refractivity contribution >= 4 is 5.71 Å². The first-order valence-electron chi connectivity index (χ1n) is 6.60. The Hall–Kier alpha value is -1.38. The third kappa shape index (κ3) is 2.06. The molecule has 0 aromatic carbocycles. The summed E-state index contributed by atoms with van der Waals surface area (Å²) in [5, 5.41) is 7.51. The van der Waals surface area contributed by atoms with Gasteiger partial charge in [-0.05, 0) is 39.0 Å². The summed E-state index contributed by atoms with van der Waals surface area (Å²) in [6.45, 7) is 2.10. The molecule has 0 bridgehead atoms. The van der Waals surface area contributed by atoms with Crippen LogP contribution in [0, 0.1) is 6.92 Å². The van der Waals surface area contributed by atoms with Crippen molar-refractivity contribution in [3.8, 4) is 0 Å². The molecule has 90 valence electrons. The van der Waals surface area contributed by atoms with Gasteiger partial charge in [0.15, 0.2) is 0 Å². The third-order valence-electron chi connectivity index (χ3n) is 3.75. The van der Waals surface area contributed by atoms with E-state index in [-0.39, 0.29) is 0 Å². The highest BCUT2D eigenvalue weighted by Gasteiger charge is 2.21. The maximum atomic E-state index is 4.94. The zero-order valence-electron chi connectivity index (χ0n) is 10.4. The van der Waals surface area contributed by atoms with Crippen LogP contribution in [0.1, 0.15) is 49.1 Å². The van der Waals surface area contributed by atoms with Crippen molar-refractivity contribution in [3.05, 3.63) is 29.1 Å². The van der Waals surface area contributed by atoms with Crippen LogP contribution in [0.3, 0.4) is 0 Å². The Morgan fingerprint density at radius 2 is 2.24 bits per heavy atom. The highest BCUT2D eigenvalue weighted by atomic mass is 15.1. The number of aromatic amines is 1. The summed E-state index contributed by atoms with van der Waals surface area (Å²) in [4.78, 5) is 4.94. The van der Waals surface area contributed by atoms with Crippen molar-refractivity contribution in [2.24, 2.45) is 4.99 Å². The van der Waals surface area contributed by atoms with Crippen molar-refractivity contribution in [1.29, 1.82) is 0 Å². The van der Waals surface area contributed by atoms with Gasteiger partial charge in [0.25, 0.3) is 0 Å². The van der Waals surface area contributed by atoms with Gasteiger partial charge in [0, 0.05) is 23.4 Å². The van der Waals surface area contributed by atoms with Crippen molar-refractivity contribution in [2.75, 3.05) is 0 Å². The van der Waals surface area contributed by atoms with Gasteiger partial charge in [0.1, 0.15) is 0 Å². The van der Waals surface area contributed by atoms with Crippen molar-refractivity contribution < 1.29 is 0 Å². The smallest absolute Gasteiger partial charge is 0.0753 e. The summed E-state index contributed by atoms with van der Waals surface area (Å²) in [7, 11) is 0. The highest BCUT2D eigenvalue weighted by molar-refractivity contribution is 6.02. The lowest BCUT2D eigenvalue weighted by molar-refractivity contribution is 0.420. The Kier molecular flexibility index (Phi) is 2.83. The van der Waals surface area contributed by atoms with E-state index < -0.39 is 0 Å². The molecular weight excluding hydrogens is 210 g/mol. The number of hydrogen-bond acceptors (Lipinski definition) is 2. The molecule has 1 fully saturated rings. The van der Waals surface area contributed by atoms with Gasteiger partial charge in [-0.1, -0.05) is 12.2 Å². The number of aryl methyl sites for hydroxylation is 1. The Bertz CT molecular complexity index is 464. The molecule has 0 aliphatic heterocycles. The number of fused-ring (bicyclic) bond motifs is 1. The largest absolute Gasteiger partial charge is 0.286 e. The Morgan fingerprint density at radius 3 is 3.00 bits per heavy atom. The monoisotopic (exact) mass is 229 g/mol. The van der Waals surface area contributed by atoms with Gasteiger partial charge in [0.05, 0.1) is 11.7 Å². The quantitative estimate of drug-likeness (QED) is 0.739. The van der Waals surface area contributed by atoms with Crippen LogP contribution in [-0.2, 0) is 6.42 Å². The lowest BCUT2D eigenvalue weighted by Crippen LogP contribution is -2.19. The molecule has 0 spiro atoms. The molecule has 3 rings (SSSR count). The zero-order chi connectivity index (χ0) is 11.7. The minimum Gasteiger partial charge on any atom is -0.286 e. The fourth-order valence-electron chi connectivity index (χ4n) is 2.53. The lowest BCUT2D eigenvalue weighted by Gasteiger charge is -2.23. The molecule has 1 aromatic heterocycles. The van der Waals surface area contributed by atoms with Gasteiger partial charge < -0.3 is 0 Å². The minimum atomic E-state index is 0.579. The molecule has 3 nitrogen and oxygen atoms in total. The van der Waals surface area contributed by atoms with Crippen LogP contribution in [0.4, 0.5) is 0 Å². The van der Waals surface area contributed by atoms with Crippen molar-refractivity contribution in [3.63, 3.8) is 0 Å². The van der Waals surface area contributed by atoms with E-state index in [1.807, 2.05) is 0 Å². The van der Waals surface area contributed by atoms with Crippen molar-refractivity contribution in [2.45, 2.75) is 51.5 Å². The average Bonchev–Trinajstić information content (AvgIpc) is 2.56. The molecule has 1 aromatic rings. The molecule has 0 saturated heterocycles. The van der Waals surface area contributed by atoms with E-state index in [9.17, 15) is 0 Å². The maximum absolute atomic E-state index is 4.94. The summed E-state index contributed by atoms with van der Waals surface area (Å²) < 4.78 is 0. The Labute approximate surface area is 102 Å². The normalized spacial score (nSPS) is 23.0. The molecule has 0 amide bonds. The zero-order valence-corrected chi connectivity index (χ0v) is 10.4. The predicted molar refractivity (Wildman–Crippen MR) is 69.6 cm³/mol. The number of hydrogen-bond donors (Lipinski definition) is 1. The SMILES string of the molecule is Cc1[nH]nc2c1C(=NC1CCC1)CCC=CC2. The van der Waals surface area contributed by atoms with Crippen molar-refractivity contribution in [1.82, 2.24) is 10.2 Å². The molecular formula is C14H19N3. The second kappa shape index (κ2) is 4.47. The molecule has 2 aliphatic rings. The first-order chi connectivity index (χ1) is 8.34. The third-order valence-corrected chi connectivity index (χ3v) is 3.75. The molecule has 17 heavy (non-hydrogen) atoms. The number of nitrogens with one attached hydrogen (secondary N) is 1. The molecule has 0 unspecified atom stereocenters. The van der Waals surface area contributed by atoms with Gasteiger partial charge in [-0.25, -0.2) is 0 Å². The number of rotatable bonds is 1. The van der Waals surface area contributed by atoms with E-state index in [1.54, 1.807) is 0 Å². The van der Waals surface area contributed by atoms with E-state index in [0.717, 1.165) is 25.0 Å². The first-order valence-corrected chi connectivity index (χ1v) is 6.60. The number of nitrogens with zero attached hydrogens (tertiary/aromatic N) is 2. The number of H-pyrrole nitrogens is 1.